The number of halogens is 1. The number of carbonyl (C=O) groups excluding carboxylic acids is 1. The minimum absolute atomic E-state index is 0.360. The lowest BCUT2D eigenvalue weighted by Gasteiger charge is -2.23. The van der Waals surface area contributed by atoms with E-state index in [4.69, 9.17) is 0 Å². The van der Waals surface area contributed by atoms with Gasteiger partial charge in [0.2, 0.25) is 0 Å². The zero-order valence-corrected chi connectivity index (χ0v) is 7.59. The van der Waals surface area contributed by atoms with Crippen LogP contribution >= 0.6 is 0 Å². The Morgan fingerprint density at radius 3 is 3.14 bits per heavy atom. The number of hydrogen-bond acceptors (Lipinski definition) is 2. The monoisotopic (exact) mass is 191 g/mol. The number of ketones is 1. The second-order valence-corrected chi connectivity index (χ2v) is 3.83. The average molecular weight is 191 g/mol. The molecular formula is C11H10FNO. The van der Waals surface area contributed by atoms with Gasteiger partial charge in [0.25, 0.3) is 0 Å². The predicted molar refractivity (Wildman–Crippen MR) is 50.1 cm³/mol. The topological polar surface area (TPSA) is 29.1 Å². The highest BCUT2D eigenvalue weighted by Gasteiger charge is 2.42. The third-order valence-corrected chi connectivity index (χ3v) is 3.07. The maximum Gasteiger partial charge on any atom is 0.199 e. The second kappa shape index (κ2) is 2.64. The van der Waals surface area contributed by atoms with Crippen molar-refractivity contribution in [3.8, 4) is 0 Å². The van der Waals surface area contributed by atoms with Crippen molar-refractivity contribution in [2.45, 2.75) is 18.6 Å². The lowest BCUT2D eigenvalue weighted by molar-refractivity contribution is 0.0866. The summed E-state index contributed by atoms with van der Waals surface area (Å²) in [5.74, 6) is -0.360. The molecule has 0 bridgehead atoms. The van der Waals surface area contributed by atoms with Gasteiger partial charge in [-0.2, -0.15) is 0 Å². The van der Waals surface area contributed by atoms with Gasteiger partial charge in [0.15, 0.2) is 12.0 Å². The molecule has 1 aliphatic heterocycles. The Morgan fingerprint density at radius 2 is 2.29 bits per heavy atom. The van der Waals surface area contributed by atoms with Gasteiger partial charge in [-0.25, -0.2) is 4.39 Å². The Bertz CT molecular complexity index is 416. The first-order valence-electron chi connectivity index (χ1n) is 4.82. The molecule has 1 aromatic carbocycles. The van der Waals surface area contributed by atoms with E-state index in [1.807, 2.05) is 12.1 Å². The quantitative estimate of drug-likeness (QED) is 0.671. The molecule has 3 rings (SSSR count). The van der Waals surface area contributed by atoms with Crippen LogP contribution in [0.2, 0.25) is 0 Å². The molecule has 14 heavy (non-hydrogen) atoms. The number of benzene rings is 1. The summed E-state index contributed by atoms with van der Waals surface area (Å²) in [5, 5.41) is 3.06. The van der Waals surface area contributed by atoms with E-state index in [-0.39, 0.29) is 11.8 Å². The molecule has 0 aromatic heterocycles. The van der Waals surface area contributed by atoms with Crippen molar-refractivity contribution in [1.82, 2.24) is 5.32 Å². The average Bonchev–Trinajstić information content (AvgIpc) is 2.47. The minimum Gasteiger partial charge on any atom is -0.307 e. The van der Waals surface area contributed by atoms with E-state index < -0.39 is 6.17 Å². The third-order valence-electron chi connectivity index (χ3n) is 3.07. The molecule has 0 spiro atoms. The van der Waals surface area contributed by atoms with Crippen LogP contribution in [0.15, 0.2) is 18.2 Å². The van der Waals surface area contributed by atoms with Gasteiger partial charge in [0.05, 0.1) is 6.04 Å². The third kappa shape index (κ3) is 0.852. The molecular weight excluding hydrogens is 181 g/mol. The first kappa shape index (κ1) is 8.12. The Hall–Kier alpha value is -1.22. The molecule has 1 N–H and O–H groups in total. The molecule has 0 saturated carbocycles. The van der Waals surface area contributed by atoms with Crippen molar-refractivity contribution < 1.29 is 9.18 Å². The Morgan fingerprint density at radius 1 is 1.43 bits per heavy atom. The largest absolute Gasteiger partial charge is 0.307 e. The molecule has 2 aliphatic rings. The summed E-state index contributed by atoms with van der Waals surface area (Å²) in [6.07, 6.45) is -0.494. The van der Waals surface area contributed by atoms with Crippen LogP contribution in [0.5, 0.6) is 0 Å². The molecule has 2 nitrogen and oxygen atoms in total. The van der Waals surface area contributed by atoms with Gasteiger partial charge in [-0.1, -0.05) is 18.2 Å². The molecule has 0 saturated heterocycles. The molecule has 0 fully saturated rings. The molecule has 0 radical (unpaired) electrons. The van der Waals surface area contributed by atoms with Crippen molar-refractivity contribution in [3.05, 3.63) is 34.9 Å². The van der Waals surface area contributed by atoms with E-state index in [2.05, 4.69) is 5.32 Å². The van der Waals surface area contributed by atoms with E-state index in [0.717, 1.165) is 24.1 Å². The Balaban J connectivity index is 2.27. The number of alkyl halides is 1. The first-order chi connectivity index (χ1) is 6.79. The van der Waals surface area contributed by atoms with Crippen molar-refractivity contribution in [2.24, 2.45) is 0 Å². The SMILES string of the molecule is O=C1c2cccc3c2C(NCC3)C1F. The summed E-state index contributed by atoms with van der Waals surface area (Å²) in [6, 6.07) is 5.16. The van der Waals surface area contributed by atoms with Crippen LogP contribution in [-0.2, 0) is 6.42 Å². The number of Topliss-reactive ketones (excluding diaryl/α,β-unsaturated/α-hetero) is 1. The summed E-state index contributed by atoms with van der Waals surface area (Å²) in [4.78, 5) is 11.5. The lowest BCUT2D eigenvalue weighted by atomic mass is 9.95. The Kier molecular flexibility index (Phi) is 1.53. The fourth-order valence-corrected chi connectivity index (χ4v) is 2.43. The summed E-state index contributed by atoms with van der Waals surface area (Å²) in [6.45, 7) is 0.759. The van der Waals surface area contributed by atoms with E-state index >= 15 is 0 Å². The van der Waals surface area contributed by atoms with Gasteiger partial charge >= 0.3 is 0 Å². The number of rotatable bonds is 0. The van der Waals surface area contributed by atoms with Gasteiger partial charge in [0.1, 0.15) is 0 Å². The summed E-state index contributed by atoms with van der Waals surface area (Å²) in [5.41, 5.74) is 2.60. The minimum atomic E-state index is -1.38. The zero-order chi connectivity index (χ0) is 9.71. The highest BCUT2D eigenvalue weighted by molar-refractivity contribution is 6.05. The predicted octanol–water partition coefficient (Wildman–Crippen LogP) is 1.41. The van der Waals surface area contributed by atoms with Crippen molar-refractivity contribution in [1.29, 1.82) is 0 Å². The normalized spacial score (nSPS) is 29.1. The van der Waals surface area contributed by atoms with Crippen molar-refractivity contribution >= 4 is 5.78 Å². The zero-order valence-electron chi connectivity index (χ0n) is 7.59. The number of nitrogens with one attached hydrogen (secondary N) is 1. The summed E-state index contributed by atoms with van der Waals surface area (Å²) in [7, 11) is 0. The molecule has 72 valence electrons. The Labute approximate surface area is 81.1 Å². The number of hydrogen-bond donors (Lipinski definition) is 1. The van der Waals surface area contributed by atoms with Crippen molar-refractivity contribution in [2.75, 3.05) is 6.54 Å². The molecule has 1 aliphatic carbocycles. The second-order valence-electron chi connectivity index (χ2n) is 3.83. The summed E-state index contributed by atoms with van der Waals surface area (Å²) < 4.78 is 13.6. The molecule has 2 unspecified atom stereocenters. The number of carbonyl (C=O) groups is 1. The van der Waals surface area contributed by atoms with Crippen LogP contribution in [0.4, 0.5) is 4.39 Å². The molecule has 0 amide bonds. The van der Waals surface area contributed by atoms with Gasteiger partial charge in [-0.3, -0.25) is 4.79 Å². The van der Waals surface area contributed by atoms with Crippen LogP contribution in [0.3, 0.4) is 0 Å². The first-order valence-corrected chi connectivity index (χ1v) is 4.82. The van der Waals surface area contributed by atoms with Gasteiger partial charge in [0, 0.05) is 5.56 Å². The van der Waals surface area contributed by atoms with Gasteiger partial charge in [-0.05, 0) is 24.1 Å². The van der Waals surface area contributed by atoms with Crippen LogP contribution in [0, 0.1) is 0 Å². The fourth-order valence-electron chi connectivity index (χ4n) is 2.43. The smallest absolute Gasteiger partial charge is 0.199 e. The van der Waals surface area contributed by atoms with E-state index in [1.54, 1.807) is 6.07 Å². The molecule has 1 aromatic rings. The lowest BCUT2D eigenvalue weighted by Crippen LogP contribution is -2.33. The molecule has 2 atom stereocenters. The standard InChI is InChI=1S/C11H10FNO/c12-9-10-8-6(4-5-13-10)2-1-3-7(8)11(9)14/h1-3,9-10,13H,4-5H2. The van der Waals surface area contributed by atoms with E-state index in [9.17, 15) is 9.18 Å². The maximum absolute atomic E-state index is 13.6. The van der Waals surface area contributed by atoms with Crippen LogP contribution in [0.1, 0.15) is 27.5 Å². The maximum atomic E-state index is 13.6. The fraction of sp³-hybridized carbons (Fsp3) is 0.364. The van der Waals surface area contributed by atoms with Gasteiger partial charge in [-0.15, -0.1) is 0 Å². The molecule has 1 heterocycles. The van der Waals surface area contributed by atoms with E-state index in [0.29, 0.717) is 5.56 Å². The van der Waals surface area contributed by atoms with Crippen LogP contribution in [-0.4, -0.2) is 18.5 Å². The van der Waals surface area contributed by atoms with E-state index in [1.165, 1.54) is 0 Å². The van der Waals surface area contributed by atoms with Crippen LogP contribution in [0.25, 0.3) is 0 Å². The van der Waals surface area contributed by atoms with Gasteiger partial charge < -0.3 is 5.32 Å². The highest BCUT2D eigenvalue weighted by Crippen LogP contribution is 2.37. The van der Waals surface area contributed by atoms with Crippen LogP contribution < -0.4 is 5.32 Å². The molecule has 3 heteroatoms. The van der Waals surface area contributed by atoms with Crippen molar-refractivity contribution in [3.63, 3.8) is 0 Å². The summed E-state index contributed by atoms with van der Waals surface area (Å²) >= 11 is 0. The highest BCUT2D eigenvalue weighted by atomic mass is 19.1.